The predicted molar refractivity (Wildman–Crippen MR) is 55.0 cm³/mol. The van der Waals surface area contributed by atoms with E-state index in [1.165, 1.54) is 18.9 Å². The summed E-state index contributed by atoms with van der Waals surface area (Å²) in [5, 5.41) is 0. The molecule has 0 fully saturated rings. The van der Waals surface area contributed by atoms with E-state index in [4.69, 9.17) is 0 Å². The monoisotopic (exact) mass is 194 g/mol. The normalized spacial score (nSPS) is 10.1. The van der Waals surface area contributed by atoms with Gasteiger partial charge in [0.05, 0.1) is 5.56 Å². The van der Waals surface area contributed by atoms with Crippen LogP contribution in [0.15, 0.2) is 18.2 Å². The lowest BCUT2D eigenvalue weighted by Gasteiger charge is -2.02. The average Bonchev–Trinajstić information content (AvgIpc) is 2.21. The van der Waals surface area contributed by atoms with Gasteiger partial charge >= 0.3 is 0 Å². The molecule has 0 atom stereocenters. The van der Waals surface area contributed by atoms with Crippen LogP contribution in [0.1, 0.15) is 42.1 Å². The molecule has 0 bridgehead atoms. The summed E-state index contributed by atoms with van der Waals surface area (Å²) < 4.78 is 12.9. The third kappa shape index (κ3) is 2.95. The maximum Gasteiger partial charge on any atom is 0.153 e. The Morgan fingerprint density at radius 2 is 2.14 bits per heavy atom. The lowest BCUT2D eigenvalue weighted by atomic mass is 10.0. The molecule has 0 aliphatic rings. The minimum absolute atomic E-state index is 0.166. The fraction of sp³-hybridized carbons (Fsp3) is 0.417. The maximum atomic E-state index is 12.9. The Labute approximate surface area is 83.9 Å². The molecule has 0 unspecified atom stereocenters. The number of rotatable bonds is 5. The van der Waals surface area contributed by atoms with Gasteiger partial charge in [0, 0.05) is 0 Å². The lowest BCUT2D eigenvalue weighted by Crippen LogP contribution is -1.92. The first-order chi connectivity index (χ1) is 6.77. The molecule has 0 N–H and O–H groups in total. The van der Waals surface area contributed by atoms with Crippen LogP contribution < -0.4 is 0 Å². The third-order valence-corrected chi connectivity index (χ3v) is 2.26. The maximum absolute atomic E-state index is 12.9. The largest absolute Gasteiger partial charge is 0.298 e. The van der Waals surface area contributed by atoms with Gasteiger partial charge in [-0.05, 0) is 30.5 Å². The number of aryl methyl sites for hydroxylation is 1. The lowest BCUT2D eigenvalue weighted by molar-refractivity contribution is 0.111. The van der Waals surface area contributed by atoms with Gasteiger partial charge in [-0.15, -0.1) is 0 Å². The quantitative estimate of drug-likeness (QED) is 0.518. The summed E-state index contributed by atoms with van der Waals surface area (Å²) in [7, 11) is 0. The first kappa shape index (κ1) is 10.9. The van der Waals surface area contributed by atoms with Crippen molar-refractivity contribution in [2.24, 2.45) is 0 Å². The predicted octanol–water partition coefficient (Wildman–Crippen LogP) is 3.37. The summed E-state index contributed by atoms with van der Waals surface area (Å²) in [6.45, 7) is 2.14. The van der Waals surface area contributed by atoms with Crippen LogP contribution in [0, 0.1) is 5.82 Å². The third-order valence-electron chi connectivity index (χ3n) is 2.26. The van der Waals surface area contributed by atoms with Crippen molar-refractivity contribution in [2.75, 3.05) is 0 Å². The van der Waals surface area contributed by atoms with Crippen molar-refractivity contribution in [1.82, 2.24) is 0 Å². The van der Waals surface area contributed by atoms with Crippen molar-refractivity contribution >= 4 is 6.29 Å². The van der Waals surface area contributed by atoms with Gasteiger partial charge in [0.25, 0.3) is 0 Å². The molecule has 0 saturated carbocycles. The Morgan fingerprint density at radius 3 is 2.79 bits per heavy atom. The highest BCUT2D eigenvalue weighted by Gasteiger charge is 2.01. The molecular formula is C12H15FO. The van der Waals surface area contributed by atoms with Crippen LogP contribution in [0.25, 0.3) is 0 Å². The van der Waals surface area contributed by atoms with Gasteiger partial charge in [-0.3, -0.25) is 4.79 Å². The number of hydrogen-bond acceptors (Lipinski definition) is 1. The van der Waals surface area contributed by atoms with Crippen molar-refractivity contribution in [1.29, 1.82) is 0 Å². The molecular weight excluding hydrogens is 179 g/mol. The Hall–Kier alpha value is -1.18. The SMILES string of the molecule is CCCCCc1ccc(F)c(C=O)c1. The first-order valence-corrected chi connectivity index (χ1v) is 5.01. The topological polar surface area (TPSA) is 17.1 Å². The summed E-state index contributed by atoms with van der Waals surface area (Å²) in [4.78, 5) is 10.5. The minimum Gasteiger partial charge on any atom is -0.298 e. The summed E-state index contributed by atoms with van der Waals surface area (Å²) in [5.74, 6) is -0.431. The average molecular weight is 194 g/mol. The highest BCUT2D eigenvalue weighted by Crippen LogP contribution is 2.11. The van der Waals surface area contributed by atoms with E-state index in [9.17, 15) is 9.18 Å². The number of halogens is 1. The van der Waals surface area contributed by atoms with Gasteiger partial charge < -0.3 is 0 Å². The standard InChI is InChI=1S/C12H15FO/c1-2-3-4-5-10-6-7-12(13)11(8-10)9-14/h6-9H,2-5H2,1H3. The number of carbonyl (C=O) groups excluding carboxylic acids is 1. The van der Waals surface area contributed by atoms with Gasteiger partial charge in [0.15, 0.2) is 6.29 Å². The molecule has 1 aromatic rings. The first-order valence-electron chi connectivity index (χ1n) is 5.01. The van der Waals surface area contributed by atoms with Crippen LogP contribution in [0.3, 0.4) is 0 Å². The number of unbranched alkanes of at least 4 members (excludes halogenated alkanes) is 2. The molecule has 0 aromatic heterocycles. The fourth-order valence-corrected chi connectivity index (χ4v) is 1.42. The van der Waals surface area contributed by atoms with Crippen LogP contribution in [0.5, 0.6) is 0 Å². The van der Waals surface area contributed by atoms with Crippen molar-refractivity contribution in [3.63, 3.8) is 0 Å². The number of aldehydes is 1. The highest BCUT2D eigenvalue weighted by molar-refractivity contribution is 5.75. The number of hydrogen-bond donors (Lipinski definition) is 0. The van der Waals surface area contributed by atoms with Crippen molar-refractivity contribution in [3.05, 3.63) is 35.1 Å². The molecule has 0 aliphatic carbocycles. The molecule has 1 rings (SSSR count). The zero-order valence-electron chi connectivity index (χ0n) is 8.42. The Bertz CT molecular complexity index is 307. The van der Waals surface area contributed by atoms with E-state index in [0.29, 0.717) is 6.29 Å². The zero-order chi connectivity index (χ0) is 10.4. The van der Waals surface area contributed by atoms with Crippen LogP contribution in [0.2, 0.25) is 0 Å². The van der Waals surface area contributed by atoms with Crippen LogP contribution in [0.4, 0.5) is 4.39 Å². The van der Waals surface area contributed by atoms with E-state index in [1.807, 2.05) is 0 Å². The molecule has 1 nitrogen and oxygen atoms in total. The molecule has 76 valence electrons. The summed E-state index contributed by atoms with van der Waals surface area (Å²) in [6, 6.07) is 4.75. The smallest absolute Gasteiger partial charge is 0.153 e. The van der Waals surface area contributed by atoms with E-state index < -0.39 is 5.82 Å². The Balaban J connectivity index is 2.64. The van der Waals surface area contributed by atoms with Gasteiger partial charge in [-0.2, -0.15) is 0 Å². The minimum atomic E-state index is -0.431. The van der Waals surface area contributed by atoms with Crippen molar-refractivity contribution < 1.29 is 9.18 Å². The van der Waals surface area contributed by atoms with E-state index in [0.717, 1.165) is 18.4 Å². The van der Waals surface area contributed by atoms with Crippen LogP contribution >= 0.6 is 0 Å². The Kier molecular flexibility index (Phi) is 4.30. The van der Waals surface area contributed by atoms with Crippen LogP contribution in [-0.2, 0) is 6.42 Å². The molecule has 2 heteroatoms. The molecule has 0 aliphatic heterocycles. The van der Waals surface area contributed by atoms with Crippen LogP contribution in [-0.4, -0.2) is 6.29 Å². The van der Waals surface area contributed by atoms with E-state index in [1.54, 1.807) is 12.1 Å². The molecule has 0 amide bonds. The molecule has 0 spiro atoms. The zero-order valence-corrected chi connectivity index (χ0v) is 8.42. The number of carbonyl (C=O) groups is 1. The van der Waals surface area contributed by atoms with Crippen molar-refractivity contribution in [2.45, 2.75) is 32.6 Å². The molecule has 0 radical (unpaired) electrons. The second-order valence-corrected chi connectivity index (χ2v) is 3.43. The molecule has 0 saturated heterocycles. The summed E-state index contributed by atoms with van der Waals surface area (Å²) >= 11 is 0. The molecule has 1 aromatic carbocycles. The van der Waals surface area contributed by atoms with E-state index in [-0.39, 0.29) is 5.56 Å². The second-order valence-electron chi connectivity index (χ2n) is 3.43. The van der Waals surface area contributed by atoms with Gasteiger partial charge in [0.2, 0.25) is 0 Å². The summed E-state index contributed by atoms with van der Waals surface area (Å²) in [5.41, 5.74) is 1.21. The molecule has 0 heterocycles. The molecule has 14 heavy (non-hydrogen) atoms. The van der Waals surface area contributed by atoms with Gasteiger partial charge in [0.1, 0.15) is 5.82 Å². The highest BCUT2D eigenvalue weighted by atomic mass is 19.1. The number of benzene rings is 1. The van der Waals surface area contributed by atoms with E-state index in [2.05, 4.69) is 6.92 Å². The van der Waals surface area contributed by atoms with E-state index >= 15 is 0 Å². The fourth-order valence-electron chi connectivity index (χ4n) is 1.42. The summed E-state index contributed by atoms with van der Waals surface area (Å²) in [6.07, 6.45) is 4.93. The van der Waals surface area contributed by atoms with Gasteiger partial charge in [-0.25, -0.2) is 4.39 Å². The van der Waals surface area contributed by atoms with Gasteiger partial charge in [-0.1, -0.05) is 25.8 Å². The van der Waals surface area contributed by atoms with Crippen molar-refractivity contribution in [3.8, 4) is 0 Å². The Morgan fingerprint density at radius 1 is 1.36 bits per heavy atom. The second kappa shape index (κ2) is 5.53.